The van der Waals surface area contributed by atoms with Gasteiger partial charge in [-0.1, -0.05) is 44.2 Å². The first kappa shape index (κ1) is 20.5. The number of nitrogens with zero attached hydrogens (tertiary/aromatic N) is 1. The molecule has 2 rings (SSSR count). The van der Waals surface area contributed by atoms with Crippen LogP contribution in [0.1, 0.15) is 51.8 Å². The Labute approximate surface area is 159 Å². The molecule has 0 aliphatic rings. The van der Waals surface area contributed by atoms with Crippen LogP contribution < -0.4 is 10.6 Å². The summed E-state index contributed by atoms with van der Waals surface area (Å²) in [6.45, 7) is 9.38. The highest BCUT2D eigenvalue weighted by Crippen LogP contribution is 2.15. The number of rotatable bonds is 6. The highest BCUT2D eigenvalue weighted by molar-refractivity contribution is 5.96. The highest BCUT2D eigenvalue weighted by atomic mass is 16.6. The third-order valence-corrected chi connectivity index (χ3v) is 3.76. The molecule has 27 heavy (non-hydrogen) atoms. The summed E-state index contributed by atoms with van der Waals surface area (Å²) in [7, 11) is 0. The number of alkyl carbamates (subject to hydrolysis) is 1. The van der Waals surface area contributed by atoms with Gasteiger partial charge in [-0.3, -0.25) is 9.89 Å². The van der Waals surface area contributed by atoms with Crippen LogP contribution >= 0.6 is 0 Å². The zero-order chi connectivity index (χ0) is 20.0. The van der Waals surface area contributed by atoms with Crippen LogP contribution in [-0.2, 0) is 16.0 Å². The molecule has 7 nitrogen and oxygen atoms in total. The number of benzene rings is 1. The Bertz CT molecular complexity index is 763. The first-order chi connectivity index (χ1) is 12.6. The van der Waals surface area contributed by atoms with E-state index in [0.29, 0.717) is 12.2 Å². The first-order valence-electron chi connectivity index (χ1n) is 9.03. The average molecular weight is 372 g/mol. The number of aromatic amines is 1. The second kappa shape index (κ2) is 8.70. The maximum atomic E-state index is 12.8. The van der Waals surface area contributed by atoms with Gasteiger partial charge in [0.15, 0.2) is 5.82 Å². The fourth-order valence-corrected chi connectivity index (χ4v) is 2.42. The van der Waals surface area contributed by atoms with E-state index in [4.69, 9.17) is 4.74 Å². The quantitative estimate of drug-likeness (QED) is 0.722. The van der Waals surface area contributed by atoms with Crippen LogP contribution in [0.2, 0.25) is 0 Å². The smallest absolute Gasteiger partial charge is 0.408 e. The summed E-state index contributed by atoms with van der Waals surface area (Å²) in [5, 5.41) is 12.4. The minimum Gasteiger partial charge on any atom is -0.444 e. The Hall–Kier alpha value is -2.83. The second-order valence-corrected chi connectivity index (χ2v) is 7.74. The van der Waals surface area contributed by atoms with Gasteiger partial charge in [0.1, 0.15) is 11.6 Å². The van der Waals surface area contributed by atoms with E-state index in [1.807, 2.05) is 44.2 Å². The third kappa shape index (κ3) is 6.77. The van der Waals surface area contributed by atoms with Crippen molar-refractivity contribution in [3.63, 3.8) is 0 Å². The molecular weight excluding hydrogens is 344 g/mol. The Morgan fingerprint density at radius 2 is 1.85 bits per heavy atom. The predicted molar refractivity (Wildman–Crippen MR) is 105 cm³/mol. The third-order valence-electron chi connectivity index (χ3n) is 3.76. The molecule has 2 aromatic rings. The molecule has 0 saturated carbocycles. The van der Waals surface area contributed by atoms with Crippen LogP contribution in [0.25, 0.3) is 0 Å². The van der Waals surface area contributed by atoms with Crippen molar-refractivity contribution in [1.29, 1.82) is 0 Å². The van der Waals surface area contributed by atoms with Crippen molar-refractivity contribution in [2.24, 2.45) is 0 Å². The lowest BCUT2D eigenvalue weighted by Gasteiger charge is -2.23. The number of H-pyrrole nitrogens is 1. The largest absolute Gasteiger partial charge is 0.444 e. The molecule has 0 aliphatic carbocycles. The molecule has 0 unspecified atom stereocenters. The van der Waals surface area contributed by atoms with E-state index in [9.17, 15) is 9.59 Å². The minimum atomic E-state index is -0.790. The van der Waals surface area contributed by atoms with Gasteiger partial charge >= 0.3 is 6.09 Å². The van der Waals surface area contributed by atoms with E-state index in [-0.39, 0.29) is 11.8 Å². The zero-order valence-electron chi connectivity index (χ0n) is 16.5. The van der Waals surface area contributed by atoms with Crippen LogP contribution in [0.3, 0.4) is 0 Å². The summed E-state index contributed by atoms with van der Waals surface area (Å²) in [5.74, 6) is 0.336. The lowest BCUT2D eigenvalue weighted by atomic mass is 10.1. The number of anilines is 1. The molecule has 0 saturated heterocycles. The van der Waals surface area contributed by atoms with Gasteiger partial charge in [-0.2, -0.15) is 5.10 Å². The Kier molecular flexibility index (Phi) is 6.60. The summed E-state index contributed by atoms with van der Waals surface area (Å²) in [6.07, 6.45) is -0.295. The molecule has 3 N–H and O–H groups in total. The van der Waals surface area contributed by atoms with Crippen LogP contribution in [0.4, 0.5) is 10.6 Å². The van der Waals surface area contributed by atoms with Crippen LogP contribution in [0.5, 0.6) is 0 Å². The fourth-order valence-electron chi connectivity index (χ4n) is 2.42. The number of amides is 2. The van der Waals surface area contributed by atoms with E-state index >= 15 is 0 Å². The van der Waals surface area contributed by atoms with Crippen molar-refractivity contribution in [3.05, 3.63) is 47.7 Å². The van der Waals surface area contributed by atoms with E-state index in [1.54, 1.807) is 26.8 Å². The van der Waals surface area contributed by atoms with Crippen LogP contribution in [0, 0.1) is 0 Å². The summed E-state index contributed by atoms with van der Waals surface area (Å²) >= 11 is 0. The molecule has 2 amide bonds. The zero-order valence-corrected chi connectivity index (χ0v) is 16.5. The topological polar surface area (TPSA) is 96.1 Å². The SMILES string of the molecule is CC(C)c1cc(NC(=O)[C@H](Cc2ccccc2)NC(=O)OC(C)(C)C)n[nH]1. The maximum absolute atomic E-state index is 12.8. The summed E-state index contributed by atoms with van der Waals surface area (Å²) in [5.41, 5.74) is 1.20. The Balaban J connectivity index is 2.11. The molecule has 7 heteroatoms. The van der Waals surface area contributed by atoms with Gasteiger partial charge in [-0.05, 0) is 32.3 Å². The maximum Gasteiger partial charge on any atom is 0.408 e. The highest BCUT2D eigenvalue weighted by Gasteiger charge is 2.25. The van der Waals surface area contributed by atoms with Crippen molar-refractivity contribution >= 4 is 17.8 Å². The van der Waals surface area contributed by atoms with Crippen molar-refractivity contribution < 1.29 is 14.3 Å². The molecule has 0 radical (unpaired) electrons. The van der Waals surface area contributed by atoms with Gasteiger partial charge in [-0.15, -0.1) is 0 Å². The number of carbonyl (C=O) groups excluding carboxylic acids is 2. The van der Waals surface area contributed by atoms with Gasteiger partial charge in [0.2, 0.25) is 5.91 Å². The normalized spacial score (nSPS) is 12.5. The number of aromatic nitrogens is 2. The molecular formula is C20H28N4O3. The molecule has 0 fully saturated rings. The average Bonchev–Trinajstić information content (AvgIpc) is 3.02. The number of hydrogen-bond acceptors (Lipinski definition) is 4. The summed E-state index contributed by atoms with van der Waals surface area (Å²) in [4.78, 5) is 24.9. The van der Waals surface area contributed by atoms with Crippen LogP contribution in [0.15, 0.2) is 36.4 Å². The van der Waals surface area contributed by atoms with Crippen molar-refractivity contribution in [2.75, 3.05) is 5.32 Å². The number of ether oxygens (including phenoxy) is 1. The van der Waals surface area contributed by atoms with E-state index in [2.05, 4.69) is 20.8 Å². The molecule has 0 bridgehead atoms. The van der Waals surface area contributed by atoms with Gasteiger partial charge in [0.05, 0.1) is 0 Å². The predicted octanol–water partition coefficient (Wildman–Crippen LogP) is 3.61. The Morgan fingerprint density at radius 3 is 2.41 bits per heavy atom. The molecule has 146 valence electrons. The molecule has 1 aromatic carbocycles. The van der Waals surface area contributed by atoms with Gasteiger partial charge in [0.25, 0.3) is 0 Å². The summed E-state index contributed by atoms with van der Waals surface area (Å²) in [6, 6.07) is 10.5. The monoisotopic (exact) mass is 372 g/mol. The Morgan fingerprint density at radius 1 is 1.19 bits per heavy atom. The van der Waals surface area contributed by atoms with E-state index in [0.717, 1.165) is 11.3 Å². The molecule has 1 atom stereocenters. The number of hydrogen-bond donors (Lipinski definition) is 3. The molecule has 1 heterocycles. The van der Waals surface area contributed by atoms with Gasteiger partial charge in [0, 0.05) is 18.2 Å². The summed E-state index contributed by atoms with van der Waals surface area (Å²) < 4.78 is 5.29. The van der Waals surface area contributed by atoms with Crippen molar-refractivity contribution in [2.45, 2.75) is 58.6 Å². The van der Waals surface area contributed by atoms with E-state index in [1.165, 1.54) is 0 Å². The lowest BCUT2D eigenvalue weighted by Crippen LogP contribution is -2.47. The standard InChI is InChI=1S/C20H28N4O3/c1-13(2)15-12-17(24-23-15)22-18(25)16(11-14-9-7-6-8-10-14)21-19(26)27-20(3,4)5/h6-10,12-13,16H,11H2,1-5H3,(H,21,26)(H2,22,23,24,25)/t16-/m0/s1. The van der Waals surface area contributed by atoms with Crippen molar-refractivity contribution in [1.82, 2.24) is 15.5 Å². The molecule has 0 aliphatic heterocycles. The first-order valence-corrected chi connectivity index (χ1v) is 9.03. The van der Waals surface area contributed by atoms with Crippen molar-refractivity contribution in [3.8, 4) is 0 Å². The van der Waals surface area contributed by atoms with E-state index < -0.39 is 17.7 Å². The van der Waals surface area contributed by atoms with Crippen LogP contribution in [-0.4, -0.2) is 33.8 Å². The van der Waals surface area contributed by atoms with Gasteiger partial charge in [-0.25, -0.2) is 4.79 Å². The lowest BCUT2D eigenvalue weighted by molar-refractivity contribution is -0.118. The second-order valence-electron chi connectivity index (χ2n) is 7.74. The minimum absolute atomic E-state index is 0.267. The van der Waals surface area contributed by atoms with Gasteiger partial charge < -0.3 is 15.4 Å². The number of carbonyl (C=O) groups is 2. The molecule has 0 spiro atoms. The fraction of sp³-hybridized carbons (Fsp3) is 0.450. The number of nitrogens with one attached hydrogen (secondary N) is 3. The molecule has 1 aromatic heterocycles.